The number of anilines is 2. The lowest BCUT2D eigenvalue weighted by molar-refractivity contribution is -0.119. The van der Waals surface area contributed by atoms with E-state index in [1.165, 1.54) is 40.3 Å². The van der Waals surface area contributed by atoms with E-state index in [0.717, 1.165) is 23.2 Å². The molecule has 3 aromatic carbocycles. The fraction of sp³-hybridized carbons (Fsp3) is 0.208. The highest BCUT2D eigenvalue weighted by molar-refractivity contribution is 6.39. The highest BCUT2D eigenvalue weighted by Gasteiger charge is 2.22. The summed E-state index contributed by atoms with van der Waals surface area (Å²) < 4.78 is 0. The van der Waals surface area contributed by atoms with Crippen molar-refractivity contribution < 1.29 is 19.2 Å². The van der Waals surface area contributed by atoms with Crippen LogP contribution in [-0.4, -0.2) is 84.0 Å². The van der Waals surface area contributed by atoms with Gasteiger partial charge in [0.2, 0.25) is 6.41 Å². The third kappa shape index (κ3) is 34.8. The van der Waals surface area contributed by atoms with Crippen LogP contribution in [0.3, 0.4) is 0 Å². The number of nitrogen functional groups attached to an aromatic ring is 2. The number of nitrogens with two attached hydrogens (primary N) is 4. The number of ketones is 2. The van der Waals surface area contributed by atoms with Gasteiger partial charge in [0.1, 0.15) is 94.9 Å². The monoisotopic (exact) mass is 1740 g/mol. The number of aliphatic imine (C=N–C) groups is 1. The van der Waals surface area contributed by atoms with E-state index in [2.05, 4.69) is 46.8 Å². The second-order valence-corrected chi connectivity index (χ2v) is 28.5. The first-order chi connectivity index (χ1) is 51.9. The Labute approximate surface area is 703 Å². The number of aromatic nitrogens is 7. The summed E-state index contributed by atoms with van der Waals surface area (Å²) in [7, 11) is 3.38. The number of halogens is 13. The number of carbonyl (C=O) groups is 4. The molecule has 8 heterocycles. The molecular weight excluding hydrogens is 1670 g/mol. The molecule has 33 heteroatoms. The summed E-state index contributed by atoms with van der Waals surface area (Å²) >= 11 is 74.0. The van der Waals surface area contributed by atoms with E-state index in [1.54, 1.807) is 52.2 Å². The molecule has 3 atom stereocenters. The number of carbonyl (C=O) groups excluding carboxylic acids is 4. The molecule has 1 amide bonds. The zero-order valence-electron chi connectivity index (χ0n) is 60.0. The summed E-state index contributed by atoms with van der Waals surface area (Å²) in [6.07, 6.45) is 2.68. The summed E-state index contributed by atoms with van der Waals surface area (Å²) in [5, 5.41) is 29.7. The van der Waals surface area contributed by atoms with Crippen molar-refractivity contribution in [1.82, 2.24) is 39.8 Å². The lowest BCUT2D eigenvalue weighted by Gasteiger charge is -2.11. The van der Waals surface area contributed by atoms with Crippen molar-refractivity contribution in [2.24, 2.45) is 16.5 Å². The highest BCUT2D eigenvalue weighted by Crippen LogP contribution is 2.30. The van der Waals surface area contributed by atoms with Gasteiger partial charge in [0, 0.05) is 84.7 Å². The molecule has 11 rings (SSSR count). The van der Waals surface area contributed by atoms with Crippen LogP contribution >= 0.6 is 151 Å². The van der Waals surface area contributed by atoms with Crippen LogP contribution in [-0.2, 0) is 33.8 Å². The third-order valence-electron chi connectivity index (χ3n) is 14.1. The predicted octanol–water partition coefficient (Wildman–Crippen LogP) is 20.8. The number of hydrogen-bond donors (Lipinski definition) is 4. The first-order valence-corrected chi connectivity index (χ1v) is 37.0. The van der Waals surface area contributed by atoms with Gasteiger partial charge in [-0.1, -0.05) is 256 Å². The Bertz CT molecular complexity index is 4610. The number of amidine groups is 1. The van der Waals surface area contributed by atoms with Crippen LogP contribution < -0.4 is 22.9 Å². The maximum atomic E-state index is 12.3. The Morgan fingerprint density at radius 3 is 1.24 bits per heavy atom. The Morgan fingerprint density at radius 1 is 0.473 bits per heavy atom. The van der Waals surface area contributed by atoms with E-state index < -0.39 is 0 Å². The summed E-state index contributed by atoms with van der Waals surface area (Å²) in [4.78, 5) is 77.2. The molecule has 574 valence electrons. The zero-order chi connectivity index (χ0) is 82.5. The topological polar surface area (TPSA) is 350 Å². The average Bonchev–Trinajstić information content (AvgIpc) is 1.65. The summed E-state index contributed by atoms with van der Waals surface area (Å²) in [5.41, 5.74) is 31.3. The van der Waals surface area contributed by atoms with Gasteiger partial charge in [0.05, 0.1) is 43.5 Å². The van der Waals surface area contributed by atoms with Crippen LogP contribution in [0.2, 0.25) is 66.2 Å². The number of rotatable bonds is 13. The predicted molar refractivity (Wildman–Crippen MR) is 447 cm³/mol. The van der Waals surface area contributed by atoms with E-state index in [4.69, 9.17) is 190 Å². The Hall–Kier alpha value is -8.54. The van der Waals surface area contributed by atoms with Gasteiger partial charge in [-0.2, -0.15) is 15.8 Å². The molecule has 0 saturated heterocycles. The Morgan fingerprint density at radius 2 is 0.855 bits per heavy atom. The van der Waals surface area contributed by atoms with E-state index in [1.807, 2.05) is 136 Å². The minimum atomic E-state index is 0.0360. The maximum Gasteiger partial charge on any atom is 0.209 e. The molecule has 0 bridgehead atoms. The number of Topliss-reactive ketones (excluding diaryl/α,β-unsaturated/α-hetero) is 2. The van der Waals surface area contributed by atoms with E-state index in [9.17, 15) is 19.2 Å². The minimum absolute atomic E-state index is 0.0360. The van der Waals surface area contributed by atoms with E-state index in [0.29, 0.717) is 101 Å². The number of aldehydes is 1. The van der Waals surface area contributed by atoms with Crippen molar-refractivity contribution in [3.05, 3.63) is 290 Å². The van der Waals surface area contributed by atoms with Crippen molar-refractivity contribution in [3.8, 4) is 18.2 Å². The molecule has 0 radical (unpaired) electrons. The van der Waals surface area contributed by atoms with Gasteiger partial charge in [-0.3, -0.25) is 24.2 Å². The second-order valence-electron chi connectivity index (χ2n) is 23.4. The molecule has 110 heavy (non-hydrogen) atoms. The lowest BCUT2D eigenvalue weighted by atomic mass is 9.94. The second kappa shape index (κ2) is 49.7. The quantitative estimate of drug-likeness (QED) is 0.0615. The number of nitrogens with zero attached hydrogens (tertiary/aromatic N) is 12. The smallest absolute Gasteiger partial charge is 0.209 e. The van der Waals surface area contributed by atoms with Gasteiger partial charge in [-0.05, 0) is 110 Å². The van der Waals surface area contributed by atoms with Crippen molar-refractivity contribution in [3.63, 3.8) is 0 Å². The number of amides is 1. The van der Waals surface area contributed by atoms with Crippen LogP contribution in [0.5, 0.6) is 0 Å². The first kappa shape index (κ1) is 95.7. The van der Waals surface area contributed by atoms with Crippen LogP contribution in [0.4, 0.5) is 11.6 Å². The number of nitriles is 3. The van der Waals surface area contributed by atoms with Gasteiger partial charge in [-0.25, -0.2) is 34.9 Å². The Balaban J connectivity index is 0.000000332. The number of pyridine rings is 7. The molecule has 1 aliphatic heterocycles. The standard InChI is InChI=1S/C18H18ClN3O.C17H14Cl2N2O.C8H11N.C7H4Cl2N2.C7H5Cl2NO.C6H3Cl2N3.C6H5Cl2N.C5H4Cl2N2.C3H7NO/c1-11(12-5-3-2-4-6-12)7-15(23)9-14-8-13-10-21-18(20)16(13)17(19)22-14;1-11(12-5-3-2-4-6-12)7-14(22)8-13-9-16(18)15(10-20)17(19)21-13;1-7(9)8-5-3-2-4-6-8;1-4-2-6(8)5(3-10)7(9)11-4;1-4-2-6(8)5(3-11)7(9)10-4;7-4-1-5(10)11-6(8)3(4)2-9;1-4-2-5(7)3-6(8)9-4;6-3-1-4(7)9-5(8)2-3;1-4(2)3-5/h2-6,8,11H,7,9-10H2,1H3,(H2,20,21);2-6,9,11H,7-8H2,1H3;2-7H,9H2,1H3;2H,1H3;2-3H,1H3;1H,(H2,10,11);2-3H,1H3;1-2H,(H2,8,9);3H,1-2H3/t2*11-;7-;;;;;;/m000....../s1. The fourth-order valence-corrected chi connectivity index (χ4v) is 12.7. The van der Waals surface area contributed by atoms with E-state index in [-0.39, 0.29) is 101 Å². The SMILES string of the molecule is CN(C)C=O.C[C@@H](CC(=O)Cc1cc(Cl)c(C#N)c(Cl)n1)c1ccccc1.C[C@@H](CC(=O)Cc1cc2c(c(Cl)n1)C(N)=NC2)c1ccccc1.C[C@H](N)c1ccccc1.Cc1cc(Cl)c(C#N)c(Cl)n1.Cc1cc(Cl)c(C=O)c(Cl)n1.Cc1cc(Cl)cc(Cl)n1.N#Cc1c(Cl)cc(N)nc1Cl.Nc1cc(Cl)cc(Cl)n1. The molecule has 0 aliphatic carbocycles. The Kier molecular flexibility index (Phi) is 43.2. The first-order valence-electron chi connectivity index (χ1n) is 32.1. The lowest BCUT2D eigenvalue weighted by Crippen LogP contribution is -2.14. The molecule has 10 aromatic rings. The van der Waals surface area contributed by atoms with Crippen molar-refractivity contribution >= 4 is 193 Å². The number of hydrogen-bond acceptors (Lipinski definition) is 19. The van der Waals surface area contributed by atoms with Gasteiger partial charge < -0.3 is 27.8 Å². The van der Waals surface area contributed by atoms with Crippen molar-refractivity contribution in [2.45, 2.75) is 91.6 Å². The van der Waals surface area contributed by atoms with Crippen molar-refractivity contribution in [1.29, 1.82) is 15.8 Å². The number of benzene rings is 3. The minimum Gasteiger partial charge on any atom is -0.384 e. The fourth-order valence-electron chi connectivity index (χ4n) is 8.95. The largest absolute Gasteiger partial charge is 0.384 e. The number of fused-ring (bicyclic) bond motifs is 1. The molecule has 20 nitrogen and oxygen atoms in total. The molecule has 1 aliphatic rings. The highest BCUT2D eigenvalue weighted by atomic mass is 35.5. The number of aryl methyl sites for hydroxylation is 3. The van der Waals surface area contributed by atoms with Gasteiger partial charge in [0.25, 0.3) is 0 Å². The van der Waals surface area contributed by atoms with Crippen LogP contribution in [0.25, 0.3) is 0 Å². The van der Waals surface area contributed by atoms with Gasteiger partial charge >= 0.3 is 0 Å². The van der Waals surface area contributed by atoms with Gasteiger partial charge in [0.15, 0.2) is 11.4 Å². The summed E-state index contributed by atoms with van der Waals surface area (Å²) in [6.45, 7) is 11.9. The summed E-state index contributed by atoms with van der Waals surface area (Å²) in [5.74, 6) is 1.50. The van der Waals surface area contributed by atoms with Crippen LogP contribution in [0, 0.1) is 54.8 Å². The molecule has 7 aromatic heterocycles. The molecule has 8 N–H and O–H groups in total. The molecule has 0 saturated carbocycles. The maximum absolute atomic E-state index is 12.3. The zero-order valence-corrected chi connectivity index (χ0v) is 69.8. The molecule has 0 unspecified atom stereocenters. The normalized spacial score (nSPS) is 11.1. The average molecular weight is 1750 g/mol. The summed E-state index contributed by atoms with van der Waals surface area (Å²) in [6, 6.07) is 50.1. The molecular formula is C77H71Cl13N16O4. The van der Waals surface area contributed by atoms with Crippen molar-refractivity contribution in [2.75, 3.05) is 25.6 Å². The van der Waals surface area contributed by atoms with Crippen LogP contribution in [0.15, 0.2) is 151 Å². The molecule has 0 spiro atoms. The third-order valence-corrected chi connectivity index (χ3v) is 17.5. The van der Waals surface area contributed by atoms with E-state index >= 15 is 0 Å². The molecule has 0 fully saturated rings. The van der Waals surface area contributed by atoms with Gasteiger partial charge in [-0.15, -0.1) is 0 Å². The van der Waals surface area contributed by atoms with Crippen LogP contribution in [0.1, 0.15) is 135 Å².